The molecule has 0 atom stereocenters. The molecular weight excluding hydrogens is 162 g/mol. The van der Waals surface area contributed by atoms with Gasteiger partial charge in [0.05, 0.1) is 0 Å². The summed E-state index contributed by atoms with van der Waals surface area (Å²) < 4.78 is 0. The molecule has 0 radical (unpaired) electrons. The van der Waals surface area contributed by atoms with Gasteiger partial charge in [-0.3, -0.25) is 10.4 Å². The van der Waals surface area contributed by atoms with E-state index in [2.05, 4.69) is 25.8 Å². The van der Waals surface area contributed by atoms with E-state index in [-0.39, 0.29) is 11.3 Å². The summed E-state index contributed by atoms with van der Waals surface area (Å²) in [5.74, 6) is 0.0629. The van der Waals surface area contributed by atoms with Gasteiger partial charge in [0.1, 0.15) is 5.84 Å². The summed E-state index contributed by atoms with van der Waals surface area (Å²) in [4.78, 5) is 4.25. The lowest BCUT2D eigenvalue weighted by atomic mass is 9.91. The van der Waals surface area contributed by atoms with Crippen molar-refractivity contribution in [2.24, 2.45) is 5.73 Å². The molecule has 0 amide bonds. The van der Waals surface area contributed by atoms with E-state index in [1.165, 1.54) is 0 Å². The Morgan fingerprint density at radius 2 is 2.00 bits per heavy atom. The van der Waals surface area contributed by atoms with Gasteiger partial charge in [0.15, 0.2) is 0 Å². The van der Waals surface area contributed by atoms with Gasteiger partial charge in [-0.15, -0.1) is 0 Å². The van der Waals surface area contributed by atoms with Crippen molar-refractivity contribution in [1.82, 2.24) is 4.98 Å². The van der Waals surface area contributed by atoms with Crippen molar-refractivity contribution in [2.45, 2.75) is 26.2 Å². The zero-order valence-electron chi connectivity index (χ0n) is 8.26. The number of nitrogens with two attached hydrogens (primary N) is 1. The maximum atomic E-state index is 7.20. The molecule has 0 bridgehead atoms. The average molecular weight is 177 g/mol. The van der Waals surface area contributed by atoms with Crippen LogP contribution in [0.15, 0.2) is 18.3 Å². The highest BCUT2D eigenvalue weighted by molar-refractivity contribution is 5.94. The summed E-state index contributed by atoms with van der Waals surface area (Å²) in [5.41, 5.74) is 7.05. The number of hydrogen-bond acceptors (Lipinski definition) is 2. The summed E-state index contributed by atoms with van der Waals surface area (Å²) in [6.45, 7) is 6.30. The lowest BCUT2D eigenvalue weighted by molar-refractivity contribution is 0.569. The summed E-state index contributed by atoms with van der Waals surface area (Å²) in [5, 5.41) is 7.20. The molecule has 1 aromatic rings. The highest BCUT2D eigenvalue weighted by Gasteiger charge is 2.14. The molecule has 0 aliphatic heterocycles. The molecule has 1 aromatic heterocycles. The molecular formula is C10H15N3. The SMILES string of the molecule is CC(C)(C)c1ccc(C(=N)N)cn1. The fraction of sp³-hybridized carbons (Fsp3) is 0.400. The van der Waals surface area contributed by atoms with Crippen LogP contribution in [-0.4, -0.2) is 10.8 Å². The van der Waals surface area contributed by atoms with Crippen molar-refractivity contribution in [1.29, 1.82) is 5.41 Å². The molecule has 1 heterocycles. The van der Waals surface area contributed by atoms with Crippen LogP contribution in [0.3, 0.4) is 0 Å². The van der Waals surface area contributed by atoms with E-state index in [4.69, 9.17) is 11.1 Å². The van der Waals surface area contributed by atoms with Crippen LogP contribution in [0.2, 0.25) is 0 Å². The molecule has 0 saturated heterocycles. The molecule has 1 rings (SSSR count). The highest BCUT2D eigenvalue weighted by Crippen LogP contribution is 2.19. The molecule has 0 aliphatic rings. The van der Waals surface area contributed by atoms with Gasteiger partial charge >= 0.3 is 0 Å². The van der Waals surface area contributed by atoms with E-state index in [1.807, 2.05) is 12.1 Å². The first-order valence-corrected chi connectivity index (χ1v) is 4.22. The second kappa shape index (κ2) is 3.17. The first-order valence-electron chi connectivity index (χ1n) is 4.22. The van der Waals surface area contributed by atoms with Crippen LogP contribution in [-0.2, 0) is 5.41 Å². The third-order valence-electron chi connectivity index (χ3n) is 1.84. The molecule has 0 fully saturated rings. The topological polar surface area (TPSA) is 62.8 Å². The number of amidine groups is 1. The monoisotopic (exact) mass is 177 g/mol. The van der Waals surface area contributed by atoms with Crippen molar-refractivity contribution >= 4 is 5.84 Å². The van der Waals surface area contributed by atoms with Crippen LogP contribution < -0.4 is 5.73 Å². The molecule has 0 saturated carbocycles. The van der Waals surface area contributed by atoms with Gasteiger partial charge in [-0.25, -0.2) is 0 Å². The maximum absolute atomic E-state index is 7.20. The molecule has 13 heavy (non-hydrogen) atoms. The number of aromatic nitrogens is 1. The maximum Gasteiger partial charge on any atom is 0.124 e. The molecule has 3 N–H and O–H groups in total. The summed E-state index contributed by atoms with van der Waals surface area (Å²) in [6.07, 6.45) is 1.64. The number of nitrogen functional groups attached to an aromatic ring is 1. The minimum absolute atomic E-state index is 0.0509. The fourth-order valence-electron chi connectivity index (χ4n) is 0.997. The third kappa shape index (κ3) is 2.28. The normalized spacial score (nSPS) is 11.3. The Balaban J connectivity index is 3.01. The van der Waals surface area contributed by atoms with Gasteiger partial charge in [0.25, 0.3) is 0 Å². The van der Waals surface area contributed by atoms with E-state index >= 15 is 0 Å². The summed E-state index contributed by atoms with van der Waals surface area (Å²) in [7, 11) is 0. The molecule has 0 aromatic carbocycles. The van der Waals surface area contributed by atoms with Crippen LogP contribution >= 0.6 is 0 Å². The Bertz CT molecular complexity index is 306. The molecule has 3 heteroatoms. The third-order valence-corrected chi connectivity index (χ3v) is 1.84. The van der Waals surface area contributed by atoms with Crippen molar-refractivity contribution < 1.29 is 0 Å². The van der Waals surface area contributed by atoms with Gasteiger partial charge in [-0.2, -0.15) is 0 Å². The summed E-state index contributed by atoms with van der Waals surface area (Å²) >= 11 is 0. The lowest BCUT2D eigenvalue weighted by Crippen LogP contribution is -2.16. The average Bonchev–Trinajstić information content (AvgIpc) is 2.03. The Labute approximate surface area is 78.5 Å². The zero-order chi connectivity index (χ0) is 10.1. The Morgan fingerprint density at radius 1 is 1.38 bits per heavy atom. The van der Waals surface area contributed by atoms with Crippen molar-refractivity contribution in [2.75, 3.05) is 0 Å². The smallest absolute Gasteiger partial charge is 0.124 e. The fourth-order valence-corrected chi connectivity index (χ4v) is 0.997. The van der Waals surface area contributed by atoms with Gasteiger partial charge in [0, 0.05) is 22.9 Å². The largest absolute Gasteiger partial charge is 0.384 e. The van der Waals surface area contributed by atoms with Gasteiger partial charge in [-0.05, 0) is 12.1 Å². The van der Waals surface area contributed by atoms with Crippen LogP contribution in [0.1, 0.15) is 32.0 Å². The van der Waals surface area contributed by atoms with E-state index in [1.54, 1.807) is 6.20 Å². The molecule has 0 unspecified atom stereocenters. The number of pyridine rings is 1. The highest BCUT2D eigenvalue weighted by atomic mass is 14.7. The molecule has 0 aliphatic carbocycles. The summed E-state index contributed by atoms with van der Waals surface area (Å²) in [6, 6.07) is 3.74. The first kappa shape index (κ1) is 9.71. The number of hydrogen-bond donors (Lipinski definition) is 2. The predicted molar refractivity (Wildman–Crippen MR) is 54.0 cm³/mol. The van der Waals surface area contributed by atoms with Gasteiger partial charge < -0.3 is 5.73 Å². The molecule has 70 valence electrons. The standard InChI is InChI=1S/C10H15N3/c1-10(2,3)8-5-4-7(6-13-8)9(11)12/h4-6H,1-3H3,(H3,11,12). The number of nitrogens with one attached hydrogen (secondary N) is 1. The second-order valence-corrected chi connectivity index (χ2v) is 4.10. The zero-order valence-corrected chi connectivity index (χ0v) is 8.26. The Kier molecular flexibility index (Phi) is 2.36. The minimum atomic E-state index is 0.0509. The van der Waals surface area contributed by atoms with Crippen LogP contribution in [0, 0.1) is 5.41 Å². The van der Waals surface area contributed by atoms with Gasteiger partial charge in [-0.1, -0.05) is 20.8 Å². The Hall–Kier alpha value is -1.38. The van der Waals surface area contributed by atoms with Crippen molar-refractivity contribution in [3.63, 3.8) is 0 Å². The van der Waals surface area contributed by atoms with E-state index in [0.717, 1.165) is 5.69 Å². The second-order valence-electron chi connectivity index (χ2n) is 4.10. The van der Waals surface area contributed by atoms with Crippen LogP contribution in [0.25, 0.3) is 0 Å². The first-order chi connectivity index (χ1) is 5.91. The predicted octanol–water partition coefficient (Wildman–Crippen LogP) is 1.66. The van der Waals surface area contributed by atoms with E-state index < -0.39 is 0 Å². The van der Waals surface area contributed by atoms with Crippen LogP contribution in [0.5, 0.6) is 0 Å². The number of nitrogens with zero attached hydrogens (tertiary/aromatic N) is 1. The quantitative estimate of drug-likeness (QED) is 0.506. The lowest BCUT2D eigenvalue weighted by Gasteiger charge is -2.17. The van der Waals surface area contributed by atoms with Crippen LogP contribution in [0.4, 0.5) is 0 Å². The van der Waals surface area contributed by atoms with E-state index in [0.29, 0.717) is 5.56 Å². The minimum Gasteiger partial charge on any atom is -0.384 e. The van der Waals surface area contributed by atoms with E-state index in [9.17, 15) is 0 Å². The van der Waals surface area contributed by atoms with Crippen molar-refractivity contribution in [3.05, 3.63) is 29.6 Å². The molecule has 0 spiro atoms. The molecule has 3 nitrogen and oxygen atoms in total. The van der Waals surface area contributed by atoms with Crippen molar-refractivity contribution in [3.8, 4) is 0 Å². The van der Waals surface area contributed by atoms with Gasteiger partial charge in [0.2, 0.25) is 0 Å². The number of rotatable bonds is 1. The Morgan fingerprint density at radius 3 is 2.31 bits per heavy atom.